The molecule has 0 amide bonds. The normalized spacial score (nSPS) is 34.9. The fourth-order valence-electron chi connectivity index (χ4n) is 0.884. The van der Waals surface area contributed by atoms with Crippen LogP contribution in [-0.2, 0) is 9.59 Å². The standard InChI is InChI=1S/C5H7ClN2O3/c1-2-8-5(7-8,3(6)9)4(10)11/h7H,2H2,1H3,(H,10,11). The number of nitrogens with zero attached hydrogens (tertiary/aromatic N) is 1. The minimum atomic E-state index is -1.66. The van der Waals surface area contributed by atoms with Crippen molar-refractivity contribution in [2.24, 2.45) is 0 Å². The van der Waals surface area contributed by atoms with Crippen molar-refractivity contribution in [3.05, 3.63) is 0 Å². The zero-order valence-corrected chi connectivity index (χ0v) is 6.55. The van der Waals surface area contributed by atoms with Gasteiger partial charge in [-0.15, -0.1) is 0 Å². The zero-order valence-electron chi connectivity index (χ0n) is 5.80. The van der Waals surface area contributed by atoms with Crippen molar-refractivity contribution in [1.82, 2.24) is 10.4 Å². The van der Waals surface area contributed by atoms with Crippen LogP contribution in [0, 0.1) is 0 Å². The average Bonchev–Trinajstić information content (AvgIpc) is 2.61. The molecule has 6 heteroatoms. The topological polar surface area (TPSA) is 79.3 Å². The number of aliphatic carboxylic acids is 1. The SMILES string of the molecule is CCN1NC1(C(=O)O)C(=O)Cl. The first-order valence-electron chi connectivity index (χ1n) is 3.04. The summed E-state index contributed by atoms with van der Waals surface area (Å²) in [6.07, 6.45) is 0. The Kier molecular flexibility index (Phi) is 1.87. The number of carbonyl (C=O) groups excluding carboxylic acids is 1. The second-order valence-corrected chi connectivity index (χ2v) is 2.49. The Hall–Kier alpha value is -0.650. The molecule has 2 N–H and O–H groups in total. The molecule has 1 rings (SSSR count). The lowest BCUT2D eigenvalue weighted by Crippen LogP contribution is -2.36. The molecule has 0 aromatic rings. The number of carbonyl (C=O) groups is 2. The fraction of sp³-hybridized carbons (Fsp3) is 0.600. The highest BCUT2D eigenvalue weighted by atomic mass is 35.5. The third-order valence-corrected chi connectivity index (χ3v) is 1.84. The average molecular weight is 179 g/mol. The number of halogens is 1. The van der Waals surface area contributed by atoms with E-state index in [2.05, 4.69) is 5.43 Å². The van der Waals surface area contributed by atoms with Crippen molar-refractivity contribution < 1.29 is 14.7 Å². The number of carboxylic acid groups (broad SMARTS) is 1. The molecule has 1 aliphatic heterocycles. The Morgan fingerprint density at radius 3 is 2.36 bits per heavy atom. The highest BCUT2D eigenvalue weighted by Crippen LogP contribution is 2.27. The van der Waals surface area contributed by atoms with Crippen LogP contribution in [0.15, 0.2) is 0 Å². The number of rotatable bonds is 3. The van der Waals surface area contributed by atoms with E-state index in [9.17, 15) is 9.59 Å². The molecule has 2 atom stereocenters. The zero-order chi connectivity index (χ0) is 8.65. The first kappa shape index (κ1) is 8.45. The quantitative estimate of drug-likeness (QED) is 0.342. The summed E-state index contributed by atoms with van der Waals surface area (Å²) in [6.45, 7) is 2.14. The van der Waals surface area contributed by atoms with Crippen molar-refractivity contribution in [2.45, 2.75) is 12.6 Å². The predicted molar refractivity (Wildman–Crippen MR) is 36.7 cm³/mol. The molecule has 1 heterocycles. The van der Waals surface area contributed by atoms with E-state index in [1.54, 1.807) is 6.92 Å². The molecular weight excluding hydrogens is 172 g/mol. The molecule has 1 fully saturated rings. The van der Waals surface area contributed by atoms with Gasteiger partial charge in [-0.1, -0.05) is 6.92 Å². The number of hydrogen-bond acceptors (Lipinski definition) is 4. The Morgan fingerprint density at radius 1 is 1.73 bits per heavy atom. The van der Waals surface area contributed by atoms with Crippen molar-refractivity contribution >= 4 is 22.8 Å². The highest BCUT2D eigenvalue weighted by molar-refractivity contribution is 6.68. The molecule has 0 aromatic carbocycles. The van der Waals surface area contributed by atoms with Gasteiger partial charge in [0.1, 0.15) is 0 Å². The van der Waals surface area contributed by atoms with Crippen LogP contribution in [0.3, 0.4) is 0 Å². The number of hydrogen-bond donors (Lipinski definition) is 2. The van der Waals surface area contributed by atoms with Gasteiger partial charge in [0, 0.05) is 6.54 Å². The molecular formula is C5H7ClN2O3. The Bertz CT molecular complexity index is 204. The molecule has 62 valence electrons. The highest BCUT2D eigenvalue weighted by Gasteiger charge is 2.64. The van der Waals surface area contributed by atoms with Gasteiger partial charge in [-0.3, -0.25) is 4.79 Å². The summed E-state index contributed by atoms with van der Waals surface area (Å²) in [5.74, 6) is -1.26. The molecule has 0 spiro atoms. The Labute approximate surface area is 67.9 Å². The Balaban J connectivity index is 2.79. The van der Waals surface area contributed by atoms with E-state index in [-0.39, 0.29) is 0 Å². The molecule has 5 nitrogen and oxygen atoms in total. The molecule has 11 heavy (non-hydrogen) atoms. The molecule has 0 saturated carbocycles. The van der Waals surface area contributed by atoms with Gasteiger partial charge in [-0.25, -0.2) is 15.2 Å². The maximum absolute atomic E-state index is 10.6. The Morgan fingerprint density at radius 2 is 2.27 bits per heavy atom. The summed E-state index contributed by atoms with van der Waals surface area (Å²) in [4.78, 5) is 21.1. The van der Waals surface area contributed by atoms with E-state index in [0.29, 0.717) is 6.54 Å². The lowest BCUT2D eigenvalue weighted by molar-refractivity contribution is -0.144. The van der Waals surface area contributed by atoms with Crippen molar-refractivity contribution in [1.29, 1.82) is 0 Å². The second-order valence-electron chi connectivity index (χ2n) is 2.15. The van der Waals surface area contributed by atoms with E-state index < -0.39 is 16.9 Å². The van der Waals surface area contributed by atoms with Crippen LogP contribution in [0.2, 0.25) is 0 Å². The van der Waals surface area contributed by atoms with Crippen LogP contribution in [0.4, 0.5) is 0 Å². The minimum absolute atomic E-state index is 0.421. The van der Waals surface area contributed by atoms with Gasteiger partial charge in [0.2, 0.25) is 0 Å². The third-order valence-electron chi connectivity index (χ3n) is 1.56. The molecule has 0 aliphatic carbocycles. The van der Waals surface area contributed by atoms with E-state index in [0.717, 1.165) is 0 Å². The lowest BCUT2D eigenvalue weighted by atomic mass is 10.3. The molecule has 1 aliphatic rings. The largest absolute Gasteiger partial charge is 0.478 e. The van der Waals surface area contributed by atoms with Crippen molar-refractivity contribution in [2.75, 3.05) is 6.54 Å². The monoisotopic (exact) mass is 178 g/mol. The summed E-state index contributed by atoms with van der Waals surface area (Å²) in [5, 5.41) is 8.91. The second kappa shape index (κ2) is 2.44. The van der Waals surface area contributed by atoms with E-state index in [4.69, 9.17) is 16.7 Å². The smallest absolute Gasteiger partial charge is 0.351 e. The van der Waals surface area contributed by atoms with Crippen LogP contribution in [0.5, 0.6) is 0 Å². The molecule has 0 radical (unpaired) electrons. The van der Waals surface area contributed by atoms with Gasteiger partial charge in [0.15, 0.2) is 0 Å². The molecule has 1 saturated heterocycles. The van der Waals surface area contributed by atoms with Gasteiger partial charge in [0.25, 0.3) is 10.9 Å². The third kappa shape index (κ3) is 1.01. The number of carboxylic acids is 1. The number of nitrogens with one attached hydrogen (secondary N) is 1. The van der Waals surface area contributed by atoms with E-state index in [1.807, 2.05) is 0 Å². The molecule has 2 unspecified atom stereocenters. The summed E-state index contributed by atoms with van der Waals surface area (Å²) in [5.41, 5.74) is 0.727. The summed E-state index contributed by atoms with van der Waals surface area (Å²) in [7, 11) is 0. The van der Waals surface area contributed by atoms with E-state index >= 15 is 0 Å². The fourth-order valence-corrected chi connectivity index (χ4v) is 1.11. The van der Waals surface area contributed by atoms with Crippen LogP contribution in [-0.4, -0.2) is 33.5 Å². The molecule has 0 bridgehead atoms. The summed E-state index contributed by atoms with van der Waals surface area (Å²) in [6, 6.07) is 0. The molecule has 0 aromatic heterocycles. The van der Waals surface area contributed by atoms with Crippen LogP contribution < -0.4 is 5.43 Å². The predicted octanol–water partition coefficient (Wildman–Crippen LogP) is -0.627. The van der Waals surface area contributed by atoms with Crippen LogP contribution in [0.1, 0.15) is 6.92 Å². The van der Waals surface area contributed by atoms with Crippen LogP contribution in [0.25, 0.3) is 0 Å². The van der Waals surface area contributed by atoms with E-state index in [1.165, 1.54) is 5.01 Å². The lowest BCUT2D eigenvalue weighted by Gasteiger charge is -2.00. The van der Waals surface area contributed by atoms with Crippen molar-refractivity contribution in [3.63, 3.8) is 0 Å². The summed E-state index contributed by atoms with van der Waals surface area (Å²) >= 11 is 5.08. The van der Waals surface area contributed by atoms with Gasteiger partial charge in [-0.05, 0) is 11.6 Å². The van der Waals surface area contributed by atoms with Gasteiger partial charge in [-0.2, -0.15) is 0 Å². The van der Waals surface area contributed by atoms with Crippen molar-refractivity contribution in [3.8, 4) is 0 Å². The van der Waals surface area contributed by atoms with Gasteiger partial charge < -0.3 is 5.11 Å². The first-order chi connectivity index (χ1) is 5.05. The van der Waals surface area contributed by atoms with Gasteiger partial charge in [0.05, 0.1) is 0 Å². The minimum Gasteiger partial charge on any atom is -0.478 e. The maximum Gasteiger partial charge on any atom is 0.351 e. The van der Waals surface area contributed by atoms with Gasteiger partial charge >= 0.3 is 5.97 Å². The first-order valence-corrected chi connectivity index (χ1v) is 3.42. The summed E-state index contributed by atoms with van der Waals surface area (Å²) < 4.78 is 0. The number of hydrazine groups is 1. The number of likely N-dealkylation sites (N-methyl/N-ethyl adjacent to an activating group) is 1. The van der Waals surface area contributed by atoms with Crippen LogP contribution >= 0.6 is 11.6 Å². The maximum atomic E-state index is 10.6.